The molecule has 1 aromatic carbocycles. The van der Waals surface area contributed by atoms with Gasteiger partial charge in [0.25, 0.3) is 0 Å². The van der Waals surface area contributed by atoms with E-state index < -0.39 is 30.2 Å². The van der Waals surface area contributed by atoms with Crippen molar-refractivity contribution in [1.82, 2.24) is 0 Å². The van der Waals surface area contributed by atoms with E-state index in [1.54, 1.807) is 25.1 Å². The number of hydrogen-bond donors (Lipinski definition) is 3. The number of benzene rings is 1. The van der Waals surface area contributed by atoms with E-state index in [-0.39, 0.29) is 6.61 Å². The third kappa shape index (κ3) is 2.71. The minimum absolute atomic E-state index is 0.148. The van der Waals surface area contributed by atoms with Gasteiger partial charge in [0.1, 0.15) is 29.6 Å². The van der Waals surface area contributed by atoms with Crippen LogP contribution < -0.4 is 10.4 Å². The standard InChI is InChI=1S/C15H16O7/c1-7-4-8-2-3-9(5-11(8)22-14(7)19)21-15-13(18)12(17)10(16)6-20-15/h2-5,10,12-13,15-18H,6H2,1H3/t10-,12+,13-,15+/m1/s1. The van der Waals surface area contributed by atoms with Crippen LogP contribution in [0.15, 0.2) is 33.5 Å². The quantitative estimate of drug-likeness (QED) is 0.666. The fourth-order valence-corrected chi connectivity index (χ4v) is 2.29. The first-order valence-electron chi connectivity index (χ1n) is 6.82. The van der Waals surface area contributed by atoms with Gasteiger partial charge in [0.05, 0.1) is 6.61 Å². The summed E-state index contributed by atoms with van der Waals surface area (Å²) in [5.74, 6) is 0.312. The summed E-state index contributed by atoms with van der Waals surface area (Å²) in [6.45, 7) is 1.51. The number of hydrogen-bond acceptors (Lipinski definition) is 7. The fourth-order valence-electron chi connectivity index (χ4n) is 2.29. The van der Waals surface area contributed by atoms with Gasteiger partial charge in [0.2, 0.25) is 6.29 Å². The third-order valence-corrected chi connectivity index (χ3v) is 3.59. The third-order valence-electron chi connectivity index (χ3n) is 3.59. The normalized spacial score (nSPS) is 28.7. The molecule has 1 aromatic heterocycles. The first-order valence-corrected chi connectivity index (χ1v) is 6.82. The molecule has 0 radical (unpaired) electrons. The van der Waals surface area contributed by atoms with Crippen molar-refractivity contribution < 1.29 is 29.2 Å². The van der Waals surface area contributed by atoms with Gasteiger partial charge in [-0.15, -0.1) is 0 Å². The van der Waals surface area contributed by atoms with Crippen molar-refractivity contribution in [3.8, 4) is 5.75 Å². The number of aliphatic hydroxyl groups is 3. The van der Waals surface area contributed by atoms with Gasteiger partial charge in [0.15, 0.2) is 0 Å². The van der Waals surface area contributed by atoms with Crippen LogP contribution in [-0.2, 0) is 4.74 Å². The SMILES string of the molecule is Cc1cc2ccc(O[C@@H]3OC[C@@H](O)[C@H](O)[C@H]3O)cc2oc1=O. The molecule has 2 heterocycles. The van der Waals surface area contributed by atoms with Gasteiger partial charge in [0, 0.05) is 17.0 Å². The van der Waals surface area contributed by atoms with Crippen LogP contribution in [0.4, 0.5) is 0 Å². The van der Waals surface area contributed by atoms with Gasteiger partial charge in [-0.1, -0.05) is 0 Å². The summed E-state index contributed by atoms with van der Waals surface area (Å²) in [5.41, 5.74) is 0.417. The van der Waals surface area contributed by atoms with E-state index in [0.717, 1.165) is 5.39 Å². The molecule has 1 aliphatic heterocycles. The zero-order valence-electron chi connectivity index (χ0n) is 11.8. The molecule has 1 saturated heterocycles. The molecule has 0 bridgehead atoms. The summed E-state index contributed by atoms with van der Waals surface area (Å²) in [6, 6.07) is 6.55. The molecule has 7 heteroatoms. The summed E-state index contributed by atoms with van der Waals surface area (Å²) < 4.78 is 15.8. The van der Waals surface area contributed by atoms with Gasteiger partial charge in [-0.3, -0.25) is 0 Å². The van der Waals surface area contributed by atoms with Gasteiger partial charge >= 0.3 is 5.63 Å². The maximum absolute atomic E-state index is 11.5. The van der Waals surface area contributed by atoms with E-state index in [9.17, 15) is 20.1 Å². The highest BCUT2D eigenvalue weighted by Gasteiger charge is 2.39. The highest BCUT2D eigenvalue weighted by Crippen LogP contribution is 2.24. The summed E-state index contributed by atoms with van der Waals surface area (Å²) in [6.07, 6.45) is -5.01. The summed E-state index contributed by atoms with van der Waals surface area (Å²) in [7, 11) is 0. The Morgan fingerprint density at radius 3 is 2.73 bits per heavy atom. The minimum atomic E-state index is -1.38. The maximum atomic E-state index is 11.5. The number of aryl methyl sites for hydroxylation is 1. The van der Waals surface area contributed by atoms with E-state index in [0.29, 0.717) is 16.9 Å². The maximum Gasteiger partial charge on any atom is 0.339 e. The Morgan fingerprint density at radius 2 is 1.95 bits per heavy atom. The molecule has 118 valence electrons. The fraction of sp³-hybridized carbons (Fsp3) is 0.400. The molecule has 0 amide bonds. The minimum Gasteiger partial charge on any atom is -0.462 e. The molecular weight excluding hydrogens is 292 g/mol. The molecule has 3 rings (SSSR count). The molecule has 0 unspecified atom stereocenters. The number of rotatable bonds is 2. The van der Waals surface area contributed by atoms with Crippen molar-refractivity contribution in [2.75, 3.05) is 6.61 Å². The van der Waals surface area contributed by atoms with Crippen molar-refractivity contribution in [3.63, 3.8) is 0 Å². The van der Waals surface area contributed by atoms with Crippen LogP contribution in [0.2, 0.25) is 0 Å². The molecule has 0 spiro atoms. The summed E-state index contributed by atoms with van der Waals surface area (Å²) in [5, 5.41) is 29.6. The van der Waals surface area contributed by atoms with Crippen molar-refractivity contribution in [3.05, 3.63) is 40.2 Å². The average molecular weight is 308 g/mol. The van der Waals surface area contributed by atoms with Crippen molar-refractivity contribution in [1.29, 1.82) is 0 Å². The van der Waals surface area contributed by atoms with Crippen LogP contribution in [0, 0.1) is 6.92 Å². The largest absolute Gasteiger partial charge is 0.462 e. The molecule has 22 heavy (non-hydrogen) atoms. The number of ether oxygens (including phenoxy) is 2. The van der Waals surface area contributed by atoms with Crippen LogP contribution in [0.1, 0.15) is 5.56 Å². The van der Waals surface area contributed by atoms with Gasteiger partial charge in [-0.2, -0.15) is 0 Å². The Morgan fingerprint density at radius 1 is 1.18 bits per heavy atom. The van der Waals surface area contributed by atoms with Crippen LogP contribution in [-0.4, -0.2) is 46.5 Å². The molecule has 3 N–H and O–H groups in total. The Bertz CT molecular complexity index is 738. The zero-order valence-corrected chi connectivity index (χ0v) is 11.8. The first kappa shape index (κ1) is 15.0. The van der Waals surface area contributed by atoms with Crippen LogP contribution in [0.25, 0.3) is 11.0 Å². The lowest BCUT2D eigenvalue weighted by atomic mass is 10.1. The van der Waals surface area contributed by atoms with E-state index >= 15 is 0 Å². The van der Waals surface area contributed by atoms with E-state index in [1.165, 1.54) is 6.07 Å². The molecule has 1 aliphatic rings. The summed E-state index contributed by atoms with van der Waals surface area (Å²) >= 11 is 0. The second kappa shape index (κ2) is 5.69. The van der Waals surface area contributed by atoms with Crippen LogP contribution in [0.3, 0.4) is 0 Å². The highest BCUT2D eigenvalue weighted by molar-refractivity contribution is 5.78. The topological polar surface area (TPSA) is 109 Å². The van der Waals surface area contributed by atoms with Crippen LogP contribution >= 0.6 is 0 Å². The average Bonchev–Trinajstić information content (AvgIpc) is 2.49. The van der Waals surface area contributed by atoms with Crippen LogP contribution in [0.5, 0.6) is 5.75 Å². The Kier molecular flexibility index (Phi) is 3.88. The van der Waals surface area contributed by atoms with Gasteiger partial charge in [-0.05, 0) is 25.1 Å². The Hall–Kier alpha value is -1.93. The second-order valence-corrected chi connectivity index (χ2v) is 5.28. The predicted molar refractivity (Wildman–Crippen MR) is 75.6 cm³/mol. The first-order chi connectivity index (χ1) is 10.5. The lowest BCUT2D eigenvalue weighted by Gasteiger charge is -2.34. The molecule has 4 atom stereocenters. The Balaban J connectivity index is 1.85. The van der Waals surface area contributed by atoms with Crippen molar-refractivity contribution >= 4 is 11.0 Å². The Labute approximate surface area is 125 Å². The van der Waals surface area contributed by atoms with E-state index in [2.05, 4.69) is 0 Å². The smallest absolute Gasteiger partial charge is 0.339 e. The monoisotopic (exact) mass is 308 g/mol. The van der Waals surface area contributed by atoms with Gasteiger partial charge < -0.3 is 29.2 Å². The molecule has 7 nitrogen and oxygen atoms in total. The predicted octanol–water partition coefficient (Wildman–Crippen LogP) is -0.0808. The number of aliphatic hydroxyl groups excluding tert-OH is 3. The molecular formula is C15H16O7. The van der Waals surface area contributed by atoms with Gasteiger partial charge in [-0.25, -0.2) is 4.79 Å². The lowest BCUT2D eigenvalue weighted by molar-refractivity contribution is -0.242. The number of fused-ring (bicyclic) bond motifs is 1. The molecule has 0 saturated carbocycles. The van der Waals surface area contributed by atoms with Crippen molar-refractivity contribution in [2.45, 2.75) is 31.5 Å². The highest BCUT2D eigenvalue weighted by atomic mass is 16.7. The van der Waals surface area contributed by atoms with E-state index in [1.807, 2.05) is 0 Å². The molecule has 2 aromatic rings. The molecule has 1 fully saturated rings. The zero-order chi connectivity index (χ0) is 15.9. The van der Waals surface area contributed by atoms with E-state index in [4.69, 9.17) is 13.9 Å². The van der Waals surface area contributed by atoms with Crippen molar-refractivity contribution in [2.24, 2.45) is 0 Å². The second-order valence-electron chi connectivity index (χ2n) is 5.28. The molecule has 0 aliphatic carbocycles. The summed E-state index contributed by atoms with van der Waals surface area (Å²) in [4.78, 5) is 11.5. The lowest BCUT2D eigenvalue weighted by Crippen LogP contribution is -2.54.